The van der Waals surface area contributed by atoms with E-state index in [1.807, 2.05) is 48.5 Å². The number of thiophene rings is 1. The van der Waals surface area contributed by atoms with Crippen LogP contribution in [0.5, 0.6) is 5.75 Å². The first-order chi connectivity index (χ1) is 11.7. The van der Waals surface area contributed by atoms with Crippen LogP contribution in [0.25, 0.3) is 10.4 Å². The Morgan fingerprint density at radius 2 is 1.79 bits per heavy atom. The molecule has 2 aromatic carbocycles. The van der Waals surface area contributed by atoms with Crippen molar-refractivity contribution in [3.05, 3.63) is 71.8 Å². The van der Waals surface area contributed by atoms with E-state index in [0.717, 1.165) is 22.6 Å². The van der Waals surface area contributed by atoms with E-state index in [0.29, 0.717) is 22.7 Å². The van der Waals surface area contributed by atoms with Gasteiger partial charge in [-0.3, -0.25) is 4.79 Å². The van der Waals surface area contributed by atoms with Crippen LogP contribution < -0.4 is 10.5 Å². The lowest BCUT2D eigenvalue weighted by molar-refractivity contribution is 0.104. The zero-order valence-corrected chi connectivity index (χ0v) is 14.3. The van der Waals surface area contributed by atoms with Crippen LogP contribution in [0.1, 0.15) is 29.3 Å². The molecule has 3 rings (SSSR count). The molecule has 0 amide bonds. The largest absolute Gasteiger partial charge is 0.494 e. The second kappa shape index (κ2) is 7.32. The molecule has 0 saturated heterocycles. The summed E-state index contributed by atoms with van der Waals surface area (Å²) in [6, 6.07) is 19.0. The van der Waals surface area contributed by atoms with Crippen molar-refractivity contribution in [1.29, 1.82) is 0 Å². The van der Waals surface area contributed by atoms with Crippen molar-refractivity contribution in [2.24, 2.45) is 0 Å². The third-order valence-corrected chi connectivity index (χ3v) is 4.67. The highest BCUT2D eigenvalue weighted by Gasteiger charge is 2.16. The van der Waals surface area contributed by atoms with Gasteiger partial charge in [-0.2, -0.15) is 0 Å². The predicted octanol–water partition coefficient (Wildman–Crippen LogP) is 5.02. The van der Waals surface area contributed by atoms with Gasteiger partial charge in [-0.15, -0.1) is 11.3 Å². The van der Waals surface area contributed by atoms with Crippen LogP contribution in [0.4, 0.5) is 5.00 Å². The van der Waals surface area contributed by atoms with E-state index >= 15 is 0 Å². The molecule has 4 heteroatoms. The van der Waals surface area contributed by atoms with Crippen LogP contribution in [-0.4, -0.2) is 12.4 Å². The van der Waals surface area contributed by atoms with E-state index in [1.165, 1.54) is 11.3 Å². The van der Waals surface area contributed by atoms with Gasteiger partial charge >= 0.3 is 0 Å². The van der Waals surface area contributed by atoms with Crippen molar-refractivity contribution in [2.45, 2.75) is 13.3 Å². The Morgan fingerprint density at radius 1 is 1.08 bits per heavy atom. The normalized spacial score (nSPS) is 10.5. The zero-order chi connectivity index (χ0) is 16.9. The number of nitrogen functional groups attached to an aromatic ring is 1. The van der Waals surface area contributed by atoms with E-state index in [-0.39, 0.29) is 5.78 Å². The summed E-state index contributed by atoms with van der Waals surface area (Å²) in [6.45, 7) is 2.73. The highest BCUT2D eigenvalue weighted by atomic mass is 32.1. The van der Waals surface area contributed by atoms with Crippen molar-refractivity contribution >= 4 is 22.1 Å². The summed E-state index contributed by atoms with van der Waals surface area (Å²) >= 11 is 1.44. The Labute approximate surface area is 145 Å². The summed E-state index contributed by atoms with van der Waals surface area (Å²) in [5.74, 6) is 0.713. The van der Waals surface area contributed by atoms with E-state index in [9.17, 15) is 4.79 Å². The molecule has 0 aliphatic rings. The van der Waals surface area contributed by atoms with Crippen LogP contribution in [0, 0.1) is 0 Å². The first kappa shape index (κ1) is 16.3. The lowest BCUT2D eigenvalue weighted by Gasteiger charge is -2.05. The average molecular weight is 337 g/mol. The van der Waals surface area contributed by atoms with Crippen LogP contribution >= 0.6 is 11.3 Å². The zero-order valence-electron chi connectivity index (χ0n) is 13.5. The first-order valence-corrected chi connectivity index (χ1v) is 8.73. The minimum atomic E-state index is -0.0621. The summed E-state index contributed by atoms with van der Waals surface area (Å²) in [6.07, 6.45) is 0.953. The Balaban J connectivity index is 1.84. The number of anilines is 1. The Hall–Kier alpha value is -2.59. The summed E-state index contributed by atoms with van der Waals surface area (Å²) < 4.78 is 5.55. The van der Waals surface area contributed by atoms with Crippen LogP contribution in [0.2, 0.25) is 0 Å². The number of carbonyl (C=O) groups is 1. The molecule has 24 heavy (non-hydrogen) atoms. The highest BCUT2D eigenvalue weighted by Crippen LogP contribution is 2.34. The number of carbonyl (C=O) groups excluding carboxylic acids is 1. The SMILES string of the molecule is CCCOc1ccc(C(=O)c2cc(-c3ccccc3)sc2N)cc1. The molecule has 0 saturated carbocycles. The number of ketones is 1. The Bertz CT molecular complexity index is 823. The molecule has 3 nitrogen and oxygen atoms in total. The third kappa shape index (κ3) is 3.49. The number of nitrogens with two attached hydrogens (primary N) is 1. The van der Waals surface area contributed by atoms with Crippen LogP contribution in [0.3, 0.4) is 0 Å². The van der Waals surface area contributed by atoms with Crippen molar-refractivity contribution in [1.82, 2.24) is 0 Å². The van der Waals surface area contributed by atoms with E-state index in [4.69, 9.17) is 10.5 Å². The molecule has 0 bridgehead atoms. The first-order valence-electron chi connectivity index (χ1n) is 7.91. The fourth-order valence-electron chi connectivity index (χ4n) is 2.41. The van der Waals surface area contributed by atoms with Crippen LogP contribution in [-0.2, 0) is 0 Å². The number of hydrogen-bond donors (Lipinski definition) is 1. The Morgan fingerprint density at radius 3 is 2.46 bits per heavy atom. The Kier molecular flexibility index (Phi) is 4.96. The second-order valence-electron chi connectivity index (χ2n) is 5.46. The second-order valence-corrected chi connectivity index (χ2v) is 6.54. The molecule has 122 valence electrons. The quantitative estimate of drug-likeness (QED) is 0.643. The topological polar surface area (TPSA) is 52.3 Å². The maximum Gasteiger partial charge on any atom is 0.196 e. The molecular weight excluding hydrogens is 318 g/mol. The predicted molar refractivity (Wildman–Crippen MR) is 99.8 cm³/mol. The maximum absolute atomic E-state index is 12.7. The average Bonchev–Trinajstić information content (AvgIpc) is 3.02. The molecule has 1 heterocycles. The van der Waals surface area contributed by atoms with Gasteiger partial charge in [0, 0.05) is 10.4 Å². The van der Waals surface area contributed by atoms with E-state index in [1.54, 1.807) is 12.1 Å². The summed E-state index contributed by atoms with van der Waals surface area (Å²) in [5.41, 5.74) is 8.32. The smallest absolute Gasteiger partial charge is 0.196 e. The fourth-order valence-corrected chi connectivity index (χ4v) is 3.33. The number of hydrogen-bond acceptors (Lipinski definition) is 4. The van der Waals surface area contributed by atoms with Gasteiger partial charge in [0.05, 0.1) is 17.2 Å². The van der Waals surface area contributed by atoms with Crippen molar-refractivity contribution in [2.75, 3.05) is 12.3 Å². The minimum absolute atomic E-state index is 0.0621. The van der Waals surface area contributed by atoms with Crippen LogP contribution in [0.15, 0.2) is 60.7 Å². The van der Waals surface area contributed by atoms with Gasteiger partial charge < -0.3 is 10.5 Å². The lowest BCUT2D eigenvalue weighted by atomic mass is 10.0. The molecule has 0 atom stereocenters. The lowest BCUT2D eigenvalue weighted by Crippen LogP contribution is -2.03. The number of benzene rings is 2. The third-order valence-electron chi connectivity index (χ3n) is 3.65. The molecule has 0 unspecified atom stereocenters. The molecule has 3 aromatic rings. The van der Waals surface area contributed by atoms with Gasteiger partial charge in [0.2, 0.25) is 0 Å². The van der Waals surface area contributed by atoms with Gasteiger partial charge in [-0.25, -0.2) is 0 Å². The molecular formula is C20H19NO2S. The molecule has 0 spiro atoms. The monoisotopic (exact) mass is 337 g/mol. The molecule has 2 N–H and O–H groups in total. The minimum Gasteiger partial charge on any atom is -0.494 e. The van der Waals surface area contributed by atoms with Crippen molar-refractivity contribution in [3.8, 4) is 16.2 Å². The molecule has 0 aliphatic carbocycles. The molecule has 0 fully saturated rings. The van der Waals surface area contributed by atoms with Gasteiger partial charge in [-0.1, -0.05) is 37.3 Å². The maximum atomic E-state index is 12.7. The van der Waals surface area contributed by atoms with E-state index < -0.39 is 0 Å². The van der Waals surface area contributed by atoms with Gasteiger partial charge in [-0.05, 0) is 42.3 Å². The van der Waals surface area contributed by atoms with Gasteiger partial charge in [0.15, 0.2) is 5.78 Å². The highest BCUT2D eigenvalue weighted by molar-refractivity contribution is 7.19. The molecule has 1 aromatic heterocycles. The standard InChI is InChI=1S/C20H19NO2S/c1-2-12-23-16-10-8-15(9-11-16)19(22)17-13-18(24-20(17)21)14-6-4-3-5-7-14/h3-11,13H,2,12,21H2,1H3. The summed E-state index contributed by atoms with van der Waals surface area (Å²) in [4.78, 5) is 13.7. The number of ether oxygens (including phenoxy) is 1. The number of rotatable bonds is 6. The van der Waals surface area contributed by atoms with Gasteiger partial charge in [0.1, 0.15) is 5.75 Å². The molecule has 0 radical (unpaired) electrons. The van der Waals surface area contributed by atoms with Crippen molar-refractivity contribution < 1.29 is 9.53 Å². The summed E-state index contributed by atoms with van der Waals surface area (Å²) in [5, 5.41) is 0.546. The molecule has 0 aliphatic heterocycles. The van der Waals surface area contributed by atoms with E-state index in [2.05, 4.69) is 6.92 Å². The van der Waals surface area contributed by atoms with Crippen molar-refractivity contribution in [3.63, 3.8) is 0 Å². The summed E-state index contributed by atoms with van der Waals surface area (Å²) in [7, 11) is 0. The van der Waals surface area contributed by atoms with Gasteiger partial charge in [0.25, 0.3) is 0 Å². The fraction of sp³-hybridized carbons (Fsp3) is 0.150.